The first kappa shape index (κ1) is 12.3. The Bertz CT molecular complexity index is 540. The maximum Gasteiger partial charge on any atom is 0.214 e. The third kappa shape index (κ3) is 2.92. The van der Waals surface area contributed by atoms with Crippen LogP contribution in [0.3, 0.4) is 0 Å². The van der Waals surface area contributed by atoms with Crippen LogP contribution < -0.4 is 5.32 Å². The van der Waals surface area contributed by atoms with Crippen LogP contribution in [-0.4, -0.2) is 4.98 Å². The van der Waals surface area contributed by atoms with Gasteiger partial charge in [0.15, 0.2) is 0 Å². The van der Waals surface area contributed by atoms with Crippen LogP contribution in [-0.2, 0) is 0 Å². The SMILES string of the molecule is Fc1cc(Cl)c(Nc2ccnc(F)c2)c(Br)c1. The van der Waals surface area contributed by atoms with Crippen LogP contribution in [0.2, 0.25) is 5.02 Å². The number of nitrogens with one attached hydrogen (secondary N) is 1. The zero-order valence-corrected chi connectivity index (χ0v) is 10.7. The number of nitrogens with zero attached hydrogens (tertiary/aromatic N) is 1. The molecule has 2 aromatic rings. The molecule has 1 heterocycles. The van der Waals surface area contributed by atoms with Gasteiger partial charge in [0.25, 0.3) is 0 Å². The molecule has 0 saturated heterocycles. The summed E-state index contributed by atoms with van der Waals surface area (Å²) in [5, 5.41) is 3.09. The fourth-order valence-electron chi connectivity index (χ4n) is 1.29. The molecule has 1 aromatic heterocycles. The highest BCUT2D eigenvalue weighted by Crippen LogP contribution is 2.33. The Hall–Kier alpha value is -1.20. The van der Waals surface area contributed by atoms with E-state index in [0.29, 0.717) is 15.8 Å². The molecule has 2 rings (SSSR count). The number of rotatable bonds is 2. The molecule has 0 aliphatic carbocycles. The number of pyridine rings is 1. The molecule has 0 amide bonds. The van der Waals surface area contributed by atoms with Crippen LogP contribution in [0.25, 0.3) is 0 Å². The van der Waals surface area contributed by atoms with Gasteiger partial charge in [-0.15, -0.1) is 0 Å². The topological polar surface area (TPSA) is 24.9 Å². The van der Waals surface area contributed by atoms with Gasteiger partial charge in [0, 0.05) is 22.4 Å². The number of hydrogen-bond donors (Lipinski definition) is 1. The molecular weight excluding hydrogens is 313 g/mol. The van der Waals surface area contributed by atoms with Crippen LogP contribution in [0.15, 0.2) is 34.9 Å². The smallest absolute Gasteiger partial charge is 0.214 e. The van der Waals surface area contributed by atoms with Gasteiger partial charge in [-0.3, -0.25) is 0 Å². The molecule has 1 N–H and O–H groups in total. The highest BCUT2D eigenvalue weighted by molar-refractivity contribution is 9.10. The lowest BCUT2D eigenvalue weighted by Crippen LogP contribution is -1.95. The predicted molar refractivity (Wildman–Crippen MR) is 66.6 cm³/mol. The molecule has 0 aliphatic heterocycles. The monoisotopic (exact) mass is 318 g/mol. The Morgan fingerprint density at radius 2 is 2.00 bits per heavy atom. The van der Waals surface area contributed by atoms with Crippen LogP contribution in [0, 0.1) is 11.8 Å². The number of anilines is 2. The minimum Gasteiger partial charge on any atom is -0.353 e. The molecule has 0 saturated carbocycles. The van der Waals surface area contributed by atoms with E-state index >= 15 is 0 Å². The predicted octanol–water partition coefficient (Wildman–Crippen LogP) is 4.52. The number of aromatic nitrogens is 1. The third-order valence-electron chi connectivity index (χ3n) is 2.00. The Balaban J connectivity index is 2.36. The van der Waals surface area contributed by atoms with Gasteiger partial charge < -0.3 is 5.32 Å². The highest BCUT2D eigenvalue weighted by Gasteiger charge is 2.08. The van der Waals surface area contributed by atoms with Crippen molar-refractivity contribution in [1.82, 2.24) is 4.98 Å². The quantitative estimate of drug-likeness (QED) is 0.823. The largest absolute Gasteiger partial charge is 0.353 e. The lowest BCUT2D eigenvalue weighted by Gasteiger charge is -2.10. The minimum absolute atomic E-state index is 0.203. The van der Waals surface area contributed by atoms with Crippen molar-refractivity contribution in [1.29, 1.82) is 0 Å². The summed E-state index contributed by atoms with van der Waals surface area (Å²) in [6.07, 6.45) is 1.32. The van der Waals surface area contributed by atoms with Gasteiger partial charge in [-0.2, -0.15) is 4.39 Å². The number of benzene rings is 1. The van der Waals surface area contributed by atoms with E-state index in [1.165, 1.54) is 24.4 Å². The highest BCUT2D eigenvalue weighted by atomic mass is 79.9. The molecule has 0 bridgehead atoms. The number of halogens is 4. The lowest BCUT2D eigenvalue weighted by atomic mass is 10.3. The van der Waals surface area contributed by atoms with Crippen molar-refractivity contribution in [3.8, 4) is 0 Å². The molecule has 6 heteroatoms. The molecule has 0 aliphatic rings. The van der Waals surface area contributed by atoms with E-state index in [0.717, 1.165) is 0 Å². The van der Waals surface area contributed by atoms with Gasteiger partial charge in [0.1, 0.15) is 5.82 Å². The maximum atomic E-state index is 13.0. The molecule has 0 unspecified atom stereocenters. The Morgan fingerprint density at radius 3 is 2.65 bits per heavy atom. The van der Waals surface area contributed by atoms with Crippen molar-refractivity contribution in [2.24, 2.45) is 0 Å². The second-order valence-corrected chi connectivity index (χ2v) is 4.50. The Kier molecular flexibility index (Phi) is 3.59. The summed E-state index contributed by atoms with van der Waals surface area (Å²) in [6, 6.07) is 5.24. The van der Waals surface area contributed by atoms with Crippen molar-refractivity contribution in [3.05, 3.63) is 51.7 Å². The first-order valence-electron chi connectivity index (χ1n) is 4.59. The number of hydrogen-bond acceptors (Lipinski definition) is 2. The van der Waals surface area contributed by atoms with Crippen LogP contribution in [0.5, 0.6) is 0 Å². The molecule has 0 fully saturated rings. The Morgan fingerprint density at radius 1 is 1.24 bits per heavy atom. The summed E-state index contributed by atoms with van der Waals surface area (Å²) in [6.45, 7) is 0. The van der Waals surface area contributed by atoms with Gasteiger partial charge in [-0.25, -0.2) is 9.37 Å². The average Bonchev–Trinajstić information content (AvgIpc) is 2.23. The molecule has 17 heavy (non-hydrogen) atoms. The zero-order valence-electron chi connectivity index (χ0n) is 8.35. The summed E-state index contributed by atoms with van der Waals surface area (Å²) < 4.78 is 26.3. The van der Waals surface area contributed by atoms with E-state index in [9.17, 15) is 8.78 Å². The van der Waals surface area contributed by atoms with E-state index in [-0.39, 0.29) is 5.02 Å². The second-order valence-electron chi connectivity index (χ2n) is 3.24. The maximum absolute atomic E-state index is 13.0. The Labute approximate surface area is 110 Å². The summed E-state index contributed by atoms with van der Waals surface area (Å²) in [5.74, 6) is -1.06. The van der Waals surface area contributed by atoms with Crippen LogP contribution in [0.4, 0.5) is 20.2 Å². The molecule has 0 atom stereocenters. The minimum atomic E-state index is -0.607. The van der Waals surface area contributed by atoms with Gasteiger partial charge >= 0.3 is 0 Å². The van der Waals surface area contributed by atoms with Crippen molar-refractivity contribution >= 4 is 38.9 Å². The summed E-state index contributed by atoms with van der Waals surface area (Å²) in [4.78, 5) is 3.43. The van der Waals surface area contributed by atoms with Crippen molar-refractivity contribution in [2.75, 3.05) is 5.32 Å². The van der Waals surface area contributed by atoms with Gasteiger partial charge in [0.05, 0.1) is 10.7 Å². The van der Waals surface area contributed by atoms with E-state index in [2.05, 4.69) is 26.2 Å². The fraction of sp³-hybridized carbons (Fsp3) is 0. The average molecular weight is 320 g/mol. The van der Waals surface area contributed by atoms with Crippen molar-refractivity contribution in [2.45, 2.75) is 0 Å². The van der Waals surface area contributed by atoms with E-state index in [1.807, 2.05) is 0 Å². The lowest BCUT2D eigenvalue weighted by molar-refractivity contribution is 0.584. The van der Waals surface area contributed by atoms with E-state index in [1.54, 1.807) is 6.07 Å². The van der Waals surface area contributed by atoms with Crippen LogP contribution >= 0.6 is 27.5 Å². The van der Waals surface area contributed by atoms with Crippen molar-refractivity contribution < 1.29 is 8.78 Å². The van der Waals surface area contributed by atoms with Gasteiger partial charge in [-0.1, -0.05) is 11.6 Å². The molecule has 1 aromatic carbocycles. The summed E-state index contributed by atoms with van der Waals surface area (Å²) in [7, 11) is 0. The van der Waals surface area contributed by atoms with E-state index in [4.69, 9.17) is 11.6 Å². The van der Waals surface area contributed by atoms with Gasteiger partial charge in [0.2, 0.25) is 5.95 Å². The summed E-state index contributed by atoms with van der Waals surface area (Å²) in [5.41, 5.74) is 0.949. The molecule has 0 radical (unpaired) electrons. The first-order valence-corrected chi connectivity index (χ1v) is 5.76. The normalized spacial score (nSPS) is 10.4. The molecule has 2 nitrogen and oxygen atoms in total. The zero-order chi connectivity index (χ0) is 12.4. The fourth-order valence-corrected chi connectivity index (χ4v) is 2.18. The van der Waals surface area contributed by atoms with Gasteiger partial charge in [-0.05, 0) is 34.1 Å². The van der Waals surface area contributed by atoms with Crippen LogP contribution in [0.1, 0.15) is 0 Å². The second kappa shape index (κ2) is 4.98. The van der Waals surface area contributed by atoms with E-state index < -0.39 is 11.8 Å². The molecule has 88 valence electrons. The third-order valence-corrected chi connectivity index (χ3v) is 2.93. The first-order chi connectivity index (χ1) is 8.06. The summed E-state index contributed by atoms with van der Waals surface area (Å²) >= 11 is 9.06. The molecular formula is C11H6BrClF2N2. The van der Waals surface area contributed by atoms with Crippen molar-refractivity contribution in [3.63, 3.8) is 0 Å². The standard InChI is InChI=1S/C11H6BrClF2N2/c12-8-3-6(14)4-9(13)11(8)17-7-1-2-16-10(15)5-7/h1-5H,(H,16,17). The molecule has 0 spiro atoms.